The maximum absolute atomic E-state index is 12.6. The molecule has 2 N–H and O–H groups in total. The molecule has 0 aliphatic carbocycles. The van der Waals surface area contributed by atoms with Gasteiger partial charge in [-0.1, -0.05) is 6.92 Å². The minimum Gasteiger partial charge on any atom is -0.350 e. The summed E-state index contributed by atoms with van der Waals surface area (Å²) in [4.78, 5) is 22.3. The number of aromatic amines is 2. The molecule has 1 aliphatic heterocycles. The molecular weight excluding hydrogens is 310 g/mol. The number of hydrogen-bond acceptors (Lipinski definition) is 4. The monoisotopic (exact) mass is 329 g/mol. The number of aryl methyl sites for hydroxylation is 1. The van der Waals surface area contributed by atoms with Gasteiger partial charge >= 0.3 is 0 Å². The van der Waals surface area contributed by atoms with E-state index in [9.17, 15) is 4.79 Å². The summed E-state index contributed by atoms with van der Waals surface area (Å²) in [5.41, 5.74) is 1.73. The van der Waals surface area contributed by atoms with Gasteiger partial charge in [0.05, 0.1) is 10.2 Å². The molecule has 3 aromatic heterocycles. The van der Waals surface area contributed by atoms with Gasteiger partial charge in [-0.2, -0.15) is 5.10 Å². The lowest BCUT2D eigenvalue weighted by atomic mass is 9.96. The highest BCUT2D eigenvalue weighted by Crippen LogP contribution is 2.27. The van der Waals surface area contributed by atoms with E-state index in [4.69, 9.17) is 0 Å². The molecule has 23 heavy (non-hydrogen) atoms. The van der Waals surface area contributed by atoms with E-state index < -0.39 is 0 Å². The van der Waals surface area contributed by atoms with Crippen LogP contribution in [-0.2, 0) is 6.42 Å². The first-order chi connectivity index (χ1) is 11.2. The van der Waals surface area contributed by atoms with Crippen molar-refractivity contribution < 1.29 is 4.79 Å². The highest BCUT2D eigenvalue weighted by molar-refractivity contribution is 7.17. The molecule has 1 saturated heterocycles. The van der Waals surface area contributed by atoms with E-state index >= 15 is 0 Å². The third-order valence-electron chi connectivity index (χ3n) is 4.50. The third-order valence-corrected chi connectivity index (χ3v) is 5.37. The quantitative estimate of drug-likeness (QED) is 0.775. The number of carbonyl (C=O) groups is 1. The fourth-order valence-electron chi connectivity index (χ4n) is 3.13. The van der Waals surface area contributed by atoms with E-state index in [0.29, 0.717) is 11.6 Å². The maximum atomic E-state index is 12.6. The van der Waals surface area contributed by atoms with Crippen LogP contribution in [0.1, 0.15) is 47.8 Å². The van der Waals surface area contributed by atoms with Crippen LogP contribution in [0.4, 0.5) is 0 Å². The van der Waals surface area contributed by atoms with Gasteiger partial charge in [-0.15, -0.1) is 11.3 Å². The molecule has 0 saturated carbocycles. The van der Waals surface area contributed by atoms with Crippen LogP contribution in [0.2, 0.25) is 0 Å². The Labute approximate surface area is 137 Å². The summed E-state index contributed by atoms with van der Waals surface area (Å²) in [6, 6.07) is 3.97. The lowest BCUT2D eigenvalue weighted by Crippen LogP contribution is -2.38. The number of carbonyl (C=O) groups excluding carboxylic acids is 1. The number of H-pyrrole nitrogens is 2. The molecule has 3 aromatic rings. The van der Waals surface area contributed by atoms with Crippen LogP contribution in [0.3, 0.4) is 0 Å². The number of nitrogens with one attached hydrogen (secondary N) is 2. The second-order valence-corrected chi connectivity index (χ2v) is 6.89. The van der Waals surface area contributed by atoms with Crippen molar-refractivity contribution in [2.75, 3.05) is 13.1 Å². The van der Waals surface area contributed by atoms with Gasteiger partial charge in [-0.3, -0.25) is 9.89 Å². The highest BCUT2D eigenvalue weighted by atomic mass is 32.1. The molecule has 1 fully saturated rings. The number of nitrogens with zero attached hydrogens (tertiary/aromatic N) is 3. The van der Waals surface area contributed by atoms with Crippen molar-refractivity contribution in [2.24, 2.45) is 0 Å². The van der Waals surface area contributed by atoms with Gasteiger partial charge in [0, 0.05) is 25.4 Å². The second-order valence-electron chi connectivity index (χ2n) is 5.94. The first-order valence-corrected chi connectivity index (χ1v) is 8.89. The van der Waals surface area contributed by atoms with Crippen LogP contribution in [0.5, 0.6) is 0 Å². The van der Waals surface area contributed by atoms with Crippen molar-refractivity contribution in [2.45, 2.75) is 32.1 Å². The molecule has 6 nitrogen and oxygen atoms in total. The molecule has 0 unspecified atom stereocenters. The highest BCUT2D eigenvalue weighted by Gasteiger charge is 2.27. The van der Waals surface area contributed by atoms with Gasteiger partial charge in [0.2, 0.25) is 0 Å². The summed E-state index contributed by atoms with van der Waals surface area (Å²) in [5, 5.41) is 9.33. The van der Waals surface area contributed by atoms with Crippen LogP contribution >= 0.6 is 11.3 Å². The predicted molar refractivity (Wildman–Crippen MR) is 89.8 cm³/mol. The number of likely N-dealkylation sites (tertiary alicyclic amines) is 1. The number of thiophene rings is 1. The Balaban J connectivity index is 1.42. The summed E-state index contributed by atoms with van der Waals surface area (Å²) in [6.07, 6.45) is 2.71. The van der Waals surface area contributed by atoms with E-state index in [-0.39, 0.29) is 5.91 Å². The van der Waals surface area contributed by atoms with Crippen LogP contribution in [-0.4, -0.2) is 44.1 Å². The van der Waals surface area contributed by atoms with Gasteiger partial charge in [0.25, 0.3) is 5.91 Å². The topological polar surface area (TPSA) is 77.7 Å². The SMILES string of the molecule is CCc1nc(C2CCN(C(=O)c3cc4sccc4[nH]3)CC2)n[nH]1. The Bertz CT molecular complexity index is 796. The van der Waals surface area contributed by atoms with Crippen LogP contribution < -0.4 is 0 Å². The first-order valence-electron chi connectivity index (χ1n) is 8.01. The molecule has 7 heteroatoms. The number of hydrogen-bond donors (Lipinski definition) is 2. The zero-order chi connectivity index (χ0) is 15.8. The number of aromatic nitrogens is 4. The average molecular weight is 329 g/mol. The summed E-state index contributed by atoms with van der Waals surface area (Å²) >= 11 is 1.65. The van der Waals surface area contributed by atoms with E-state index in [1.54, 1.807) is 11.3 Å². The van der Waals surface area contributed by atoms with Crippen molar-refractivity contribution in [1.82, 2.24) is 25.1 Å². The Morgan fingerprint density at radius 2 is 2.26 bits per heavy atom. The lowest BCUT2D eigenvalue weighted by molar-refractivity contribution is 0.0706. The molecule has 1 aliphatic rings. The van der Waals surface area contributed by atoms with Crippen molar-refractivity contribution in [3.63, 3.8) is 0 Å². The van der Waals surface area contributed by atoms with E-state index in [0.717, 1.165) is 54.2 Å². The molecule has 0 spiro atoms. The smallest absolute Gasteiger partial charge is 0.270 e. The molecule has 0 atom stereocenters. The minimum absolute atomic E-state index is 0.0936. The van der Waals surface area contributed by atoms with Gasteiger partial charge in [-0.25, -0.2) is 4.98 Å². The normalized spacial score (nSPS) is 16.3. The lowest BCUT2D eigenvalue weighted by Gasteiger charge is -2.30. The van der Waals surface area contributed by atoms with Crippen LogP contribution in [0.15, 0.2) is 17.5 Å². The second kappa shape index (κ2) is 5.81. The summed E-state index contributed by atoms with van der Waals surface area (Å²) in [6.45, 7) is 3.57. The zero-order valence-electron chi connectivity index (χ0n) is 13.0. The summed E-state index contributed by atoms with van der Waals surface area (Å²) in [7, 11) is 0. The van der Waals surface area contributed by atoms with E-state index in [1.165, 1.54) is 0 Å². The van der Waals surface area contributed by atoms with Gasteiger partial charge < -0.3 is 9.88 Å². The summed E-state index contributed by atoms with van der Waals surface area (Å²) in [5.74, 6) is 2.28. The molecule has 0 aromatic carbocycles. The Morgan fingerprint density at radius 3 is 2.96 bits per heavy atom. The van der Waals surface area contributed by atoms with E-state index in [2.05, 4.69) is 27.1 Å². The zero-order valence-corrected chi connectivity index (χ0v) is 13.8. The first kappa shape index (κ1) is 14.4. The fraction of sp³-hybridized carbons (Fsp3) is 0.438. The average Bonchev–Trinajstić information content (AvgIpc) is 3.29. The standard InChI is InChI=1S/C16H19N5OS/c1-2-14-18-15(20-19-14)10-3-6-21(7-4-10)16(22)12-9-13-11(17-12)5-8-23-13/h5,8-10,17H,2-4,6-7H2,1H3,(H,18,19,20). The number of rotatable bonds is 3. The van der Waals surface area contributed by atoms with E-state index in [1.807, 2.05) is 22.4 Å². The van der Waals surface area contributed by atoms with Crippen molar-refractivity contribution in [3.05, 3.63) is 34.9 Å². The number of amides is 1. The molecule has 4 heterocycles. The molecule has 0 bridgehead atoms. The Morgan fingerprint density at radius 1 is 1.43 bits per heavy atom. The fourth-order valence-corrected chi connectivity index (χ4v) is 3.91. The predicted octanol–water partition coefficient (Wildman–Crippen LogP) is 2.93. The molecule has 0 radical (unpaired) electrons. The maximum Gasteiger partial charge on any atom is 0.270 e. The molecule has 4 rings (SSSR count). The largest absolute Gasteiger partial charge is 0.350 e. The minimum atomic E-state index is 0.0936. The van der Waals surface area contributed by atoms with Crippen molar-refractivity contribution >= 4 is 27.5 Å². The van der Waals surface area contributed by atoms with Gasteiger partial charge in [0.15, 0.2) is 5.82 Å². The van der Waals surface area contributed by atoms with Crippen LogP contribution in [0, 0.1) is 0 Å². The number of piperidine rings is 1. The van der Waals surface area contributed by atoms with Crippen molar-refractivity contribution in [1.29, 1.82) is 0 Å². The van der Waals surface area contributed by atoms with Gasteiger partial charge in [-0.05, 0) is 30.4 Å². The van der Waals surface area contributed by atoms with Crippen molar-refractivity contribution in [3.8, 4) is 0 Å². The van der Waals surface area contributed by atoms with Gasteiger partial charge in [0.1, 0.15) is 11.5 Å². The molecular formula is C16H19N5OS. The third kappa shape index (κ3) is 2.65. The Hall–Kier alpha value is -2.15. The summed E-state index contributed by atoms with van der Waals surface area (Å²) < 4.78 is 1.14. The number of fused-ring (bicyclic) bond motifs is 1. The molecule has 1 amide bonds. The molecule has 120 valence electrons. The Kier molecular flexibility index (Phi) is 3.65. The van der Waals surface area contributed by atoms with Crippen LogP contribution in [0.25, 0.3) is 10.2 Å².